The molecule has 116 valence electrons. The molecule has 1 fully saturated rings. The molecule has 1 amide bonds. The molecule has 0 bridgehead atoms. The van der Waals surface area contributed by atoms with Crippen LogP contribution in [0.5, 0.6) is 0 Å². The maximum Gasteiger partial charge on any atom is 0.416 e. The predicted molar refractivity (Wildman–Crippen MR) is 75.3 cm³/mol. The van der Waals surface area contributed by atoms with Crippen LogP contribution < -0.4 is 10.6 Å². The highest BCUT2D eigenvalue weighted by Gasteiger charge is 2.39. The number of benzene rings is 1. The van der Waals surface area contributed by atoms with Crippen molar-refractivity contribution in [2.45, 2.75) is 44.8 Å². The zero-order valence-electron chi connectivity index (χ0n) is 12.1. The Morgan fingerprint density at radius 3 is 2.52 bits per heavy atom. The molecule has 21 heavy (non-hydrogen) atoms. The van der Waals surface area contributed by atoms with Gasteiger partial charge < -0.3 is 10.6 Å². The molecule has 1 saturated carbocycles. The molecule has 2 N–H and O–H groups in total. The van der Waals surface area contributed by atoms with E-state index < -0.39 is 17.6 Å². The van der Waals surface area contributed by atoms with Crippen molar-refractivity contribution in [3.05, 3.63) is 29.3 Å². The summed E-state index contributed by atoms with van der Waals surface area (Å²) in [5.41, 5.74) is -0.596. The van der Waals surface area contributed by atoms with Crippen LogP contribution in [0.2, 0.25) is 0 Å². The Hall–Kier alpha value is -1.72. The lowest BCUT2D eigenvalue weighted by molar-refractivity contribution is -0.137. The lowest BCUT2D eigenvalue weighted by Gasteiger charge is -2.17. The van der Waals surface area contributed by atoms with Crippen molar-refractivity contribution in [2.75, 3.05) is 11.9 Å². The molecule has 1 aliphatic rings. The molecule has 1 aromatic rings. The van der Waals surface area contributed by atoms with E-state index in [9.17, 15) is 18.0 Å². The molecule has 0 saturated heterocycles. The summed E-state index contributed by atoms with van der Waals surface area (Å²) < 4.78 is 38.4. The summed E-state index contributed by atoms with van der Waals surface area (Å²) in [6.45, 7) is 4.43. The van der Waals surface area contributed by atoms with Gasteiger partial charge in [0.15, 0.2) is 0 Å². The van der Waals surface area contributed by atoms with Crippen molar-refractivity contribution in [1.29, 1.82) is 0 Å². The van der Waals surface area contributed by atoms with Crippen LogP contribution in [0.3, 0.4) is 0 Å². The van der Waals surface area contributed by atoms with E-state index in [0.29, 0.717) is 12.2 Å². The van der Waals surface area contributed by atoms with E-state index in [2.05, 4.69) is 10.6 Å². The van der Waals surface area contributed by atoms with Crippen LogP contribution in [0.4, 0.5) is 18.9 Å². The number of hydrogen-bond donors (Lipinski definition) is 2. The number of hydrogen-bond acceptors (Lipinski definition) is 2. The average Bonchev–Trinajstić information content (AvgIpc) is 3.12. The first-order valence-electron chi connectivity index (χ1n) is 7.03. The second-order valence-corrected chi connectivity index (χ2v) is 5.70. The van der Waals surface area contributed by atoms with Gasteiger partial charge in [0, 0.05) is 17.8 Å². The van der Waals surface area contributed by atoms with E-state index in [-0.39, 0.29) is 11.1 Å². The lowest BCUT2D eigenvalue weighted by Crippen LogP contribution is -2.34. The first-order chi connectivity index (χ1) is 9.75. The Kier molecular flexibility index (Phi) is 4.16. The highest BCUT2D eigenvalue weighted by Crippen LogP contribution is 2.36. The van der Waals surface area contributed by atoms with Gasteiger partial charge in [0.1, 0.15) is 0 Å². The predicted octanol–water partition coefficient (Wildman–Crippen LogP) is 3.81. The molecule has 1 aliphatic carbocycles. The summed E-state index contributed by atoms with van der Waals surface area (Å²) in [6, 6.07) is 3.23. The minimum absolute atomic E-state index is 0.0476. The number of halogens is 3. The lowest BCUT2D eigenvalue weighted by atomic mass is 10.1. The standard InChI is InChI=1S/C15H19F3N2O/c1-3-8-19-12-5-4-10(15(16,17)18)9-11(12)13(21)20-14(2)6-7-14/h4-5,9,19H,3,6-8H2,1-2H3,(H,20,21). The van der Waals surface area contributed by atoms with Gasteiger partial charge in [0.25, 0.3) is 5.91 Å². The van der Waals surface area contributed by atoms with Crippen molar-refractivity contribution in [1.82, 2.24) is 5.32 Å². The van der Waals surface area contributed by atoms with Gasteiger partial charge in [-0.1, -0.05) is 6.92 Å². The zero-order valence-corrected chi connectivity index (χ0v) is 12.1. The fourth-order valence-corrected chi connectivity index (χ4v) is 1.98. The molecular formula is C15H19F3N2O. The molecule has 0 aliphatic heterocycles. The van der Waals surface area contributed by atoms with E-state index in [1.165, 1.54) is 6.07 Å². The summed E-state index contributed by atoms with van der Waals surface area (Å²) in [5.74, 6) is -0.459. The van der Waals surface area contributed by atoms with Gasteiger partial charge in [0.2, 0.25) is 0 Å². The summed E-state index contributed by atoms with van der Waals surface area (Å²) in [4.78, 5) is 12.2. The normalized spacial score (nSPS) is 16.4. The maximum absolute atomic E-state index is 12.8. The van der Waals surface area contributed by atoms with E-state index in [4.69, 9.17) is 0 Å². The molecule has 6 heteroatoms. The molecular weight excluding hydrogens is 281 g/mol. The van der Waals surface area contributed by atoms with Crippen LogP contribution in [0, 0.1) is 0 Å². The molecule has 0 heterocycles. The number of anilines is 1. The number of alkyl halides is 3. The Morgan fingerprint density at radius 2 is 2.00 bits per heavy atom. The third kappa shape index (κ3) is 3.89. The number of nitrogens with one attached hydrogen (secondary N) is 2. The van der Waals surface area contributed by atoms with Gasteiger partial charge >= 0.3 is 6.18 Å². The van der Waals surface area contributed by atoms with Crippen LogP contribution in [0.1, 0.15) is 49.0 Å². The average molecular weight is 300 g/mol. The molecule has 0 spiro atoms. The molecule has 0 aromatic heterocycles. The Balaban J connectivity index is 2.30. The van der Waals surface area contributed by atoms with Crippen molar-refractivity contribution in [3.63, 3.8) is 0 Å². The van der Waals surface area contributed by atoms with Crippen molar-refractivity contribution >= 4 is 11.6 Å². The quantitative estimate of drug-likeness (QED) is 0.868. The second kappa shape index (κ2) is 5.58. The summed E-state index contributed by atoms with van der Waals surface area (Å²) >= 11 is 0. The molecule has 3 nitrogen and oxygen atoms in total. The summed E-state index contributed by atoms with van der Waals surface area (Å²) in [7, 11) is 0. The highest BCUT2D eigenvalue weighted by molar-refractivity contribution is 6.00. The largest absolute Gasteiger partial charge is 0.416 e. The summed E-state index contributed by atoms with van der Waals surface area (Å²) in [6.07, 6.45) is -1.92. The van der Waals surface area contributed by atoms with E-state index in [0.717, 1.165) is 31.4 Å². The Morgan fingerprint density at radius 1 is 1.33 bits per heavy atom. The van der Waals surface area contributed by atoms with Gasteiger partial charge in [-0.15, -0.1) is 0 Å². The molecule has 0 unspecified atom stereocenters. The van der Waals surface area contributed by atoms with Gasteiger partial charge in [-0.3, -0.25) is 4.79 Å². The van der Waals surface area contributed by atoms with Crippen molar-refractivity contribution in [3.8, 4) is 0 Å². The van der Waals surface area contributed by atoms with Gasteiger partial charge in [-0.05, 0) is 44.4 Å². The third-order valence-corrected chi connectivity index (χ3v) is 3.57. The van der Waals surface area contributed by atoms with Crippen molar-refractivity contribution in [2.24, 2.45) is 0 Å². The van der Waals surface area contributed by atoms with E-state index in [1.54, 1.807) is 0 Å². The minimum atomic E-state index is -4.46. The number of rotatable bonds is 5. The monoisotopic (exact) mass is 300 g/mol. The van der Waals surface area contributed by atoms with Crippen LogP contribution in [-0.4, -0.2) is 18.0 Å². The fourth-order valence-electron chi connectivity index (χ4n) is 1.98. The van der Waals surface area contributed by atoms with Gasteiger partial charge in [0.05, 0.1) is 11.1 Å². The number of amides is 1. The van der Waals surface area contributed by atoms with Crippen LogP contribution in [0.15, 0.2) is 18.2 Å². The van der Waals surface area contributed by atoms with Crippen molar-refractivity contribution < 1.29 is 18.0 Å². The smallest absolute Gasteiger partial charge is 0.384 e. The van der Waals surface area contributed by atoms with Gasteiger partial charge in [-0.2, -0.15) is 13.2 Å². The topological polar surface area (TPSA) is 41.1 Å². The third-order valence-electron chi connectivity index (χ3n) is 3.57. The number of carbonyl (C=O) groups is 1. The minimum Gasteiger partial charge on any atom is -0.384 e. The van der Waals surface area contributed by atoms with Crippen LogP contribution in [-0.2, 0) is 6.18 Å². The summed E-state index contributed by atoms with van der Waals surface area (Å²) in [5, 5.41) is 5.80. The Labute approximate surface area is 121 Å². The molecule has 2 rings (SSSR count). The van der Waals surface area contributed by atoms with E-state index in [1.807, 2.05) is 13.8 Å². The van der Waals surface area contributed by atoms with Crippen LogP contribution in [0.25, 0.3) is 0 Å². The maximum atomic E-state index is 12.8. The zero-order chi connectivity index (χ0) is 15.7. The Bertz CT molecular complexity index is 536. The highest BCUT2D eigenvalue weighted by atomic mass is 19.4. The number of carbonyl (C=O) groups excluding carboxylic acids is 1. The van der Waals surface area contributed by atoms with E-state index >= 15 is 0 Å². The fraction of sp³-hybridized carbons (Fsp3) is 0.533. The van der Waals surface area contributed by atoms with Crippen LogP contribution >= 0.6 is 0 Å². The molecule has 1 aromatic carbocycles. The first kappa shape index (κ1) is 15.7. The molecule has 0 radical (unpaired) electrons. The first-order valence-corrected chi connectivity index (χ1v) is 7.03. The van der Waals surface area contributed by atoms with Gasteiger partial charge in [-0.25, -0.2) is 0 Å². The molecule has 0 atom stereocenters. The second-order valence-electron chi connectivity index (χ2n) is 5.70. The SMILES string of the molecule is CCCNc1ccc(C(F)(F)F)cc1C(=O)NC1(C)CC1.